The molecular formula is C22H36FN5. The first-order valence-corrected chi connectivity index (χ1v) is 10.8. The molecule has 28 heavy (non-hydrogen) atoms. The molecule has 156 valence electrons. The van der Waals surface area contributed by atoms with E-state index in [-0.39, 0.29) is 5.82 Å². The molecule has 0 aliphatic carbocycles. The molecular weight excluding hydrogens is 353 g/mol. The third-order valence-corrected chi connectivity index (χ3v) is 5.82. The van der Waals surface area contributed by atoms with Crippen LogP contribution in [0.5, 0.6) is 0 Å². The van der Waals surface area contributed by atoms with Crippen molar-refractivity contribution in [3.63, 3.8) is 0 Å². The van der Waals surface area contributed by atoms with Gasteiger partial charge in [0.2, 0.25) is 0 Å². The Bertz CT molecular complexity index is 610. The summed E-state index contributed by atoms with van der Waals surface area (Å²) in [6.07, 6.45) is 4.79. The quantitative estimate of drug-likeness (QED) is 0.580. The van der Waals surface area contributed by atoms with Crippen molar-refractivity contribution < 1.29 is 4.39 Å². The molecule has 2 aliphatic heterocycles. The van der Waals surface area contributed by atoms with Gasteiger partial charge >= 0.3 is 0 Å². The highest BCUT2D eigenvalue weighted by molar-refractivity contribution is 5.80. The third kappa shape index (κ3) is 6.74. The van der Waals surface area contributed by atoms with E-state index in [1.807, 2.05) is 12.1 Å². The number of aliphatic imine (C=N–C) groups is 1. The van der Waals surface area contributed by atoms with Gasteiger partial charge < -0.3 is 15.5 Å². The van der Waals surface area contributed by atoms with Crippen molar-refractivity contribution in [2.45, 2.75) is 45.2 Å². The lowest BCUT2D eigenvalue weighted by Crippen LogP contribution is -2.48. The second-order valence-electron chi connectivity index (χ2n) is 8.31. The molecule has 2 saturated heterocycles. The Labute approximate surface area is 169 Å². The second kappa shape index (κ2) is 10.8. The van der Waals surface area contributed by atoms with Crippen molar-refractivity contribution in [2.24, 2.45) is 10.9 Å². The number of piperidine rings is 2. The Morgan fingerprint density at radius 2 is 1.89 bits per heavy atom. The fraction of sp³-hybridized carbons (Fsp3) is 0.682. The van der Waals surface area contributed by atoms with Crippen LogP contribution >= 0.6 is 0 Å². The maximum atomic E-state index is 13.1. The zero-order valence-electron chi connectivity index (χ0n) is 17.5. The fourth-order valence-corrected chi connectivity index (χ4v) is 4.24. The lowest BCUT2D eigenvalue weighted by atomic mass is 9.99. The van der Waals surface area contributed by atoms with Crippen LogP contribution in [0, 0.1) is 11.7 Å². The summed E-state index contributed by atoms with van der Waals surface area (Å²) < 4.78 is 13.1. The van der Waals surface area contributed by atoms with Crippen LogP contribution in [-0.2, 0) is 6.54 Å². The standard InChI is InChI=1S/C22H36FN5/c1-3-24-22(25-15-19-5-4-12-27(2)16-19)26-21-10-13-28(14-11-21)17-18-6-8-20(23)9-7-18/h6-9,19,21H,3-5,10-17H2,1-2H3,(H2,24,25,26). The van der Waals surface area contributed by atoms with E-state index in [2.05, 4.69) is 34.4 Å². The van der Waals surface area contributed by atoms with Crippen LogP contribution < -0.4 is 10.6 Å². The topological polar surface area (TPSA) is 42.9 Å². The van der Waals surface area contributed by atoms with Gasteiger partial charge in [-0.15, -0.1) is 0 Å². The van der Waals surface area contributed by atoms with Crippen molar-refractivity contribution in [3.05, 3.63) is 35.6 Å². The normalized spacial score (nSPS) is 23.0. The maximum absolute atomic E-state index is 13.1. The summed E-state index contributed by atoms with van der Waals surface area (Å²) in [4.78, 5) is 9.75. The Kier molecular flexibility index (Phi) is 8.10. The van der Waals surface area contributed by atoms with E-state index in [0.717, 1.165) is 58.1 Å². The molecule has 1 unspecified atom stereocenters. The lowest BCUT2D eigenvalue weighted by Gasteiger charge is -2.33. The van der Waals surface area contributed by atoms with E-state index in [0.29, 0.717) is 12.0 Å². The highest BCUT2D eigenvalue weighted by atomic mass is 19.1. The second-order valence-corrected chi connectivity index (χ2v) is 8.31. The number of rotatable bonds is 6. The molecule has 3 rings (SSSR count). The van der Waals surface area contributed by atoms with Gasteiger partial charge in [0.1, 0.15) is 5.82 Å². The van der Waals surface area contributed by atoms with E-state index in [1.165, 1.54) is 24.9 Å². The summed E-state index contributed by atoms with van der Waals surface area (Å²) >= 11 is 0. The number of nitrogens with one attached hydrogen (secondary N) is 2. The highest BCUT2D eigenvalue weighted by Gasteiger charge is 2.21. The van der Waals surface area contributed by atoms with Crippen molar-refractivity contribution in [1.82, 2.24) is 20.4 Å². The first kappa shape index (κ1) is 21.1. The van der Waals surface area contributed by atoms with Crippen LogP contribution in [0.15, 0.2) is 29.3 Å². The van der Waals surface area contributed by atoms with E-state index >= 15 is 0 Å². The van der Waals surface area contributed by atoms with Crippen LogP contribution in [0.3, 0.4) is 0 Å². The van der Waals surface area contributed by atoms with Crippen LogP contribution in [0.4, 0.5) is 4.39 Å². The first-order chi connectivity index (χ1) is 13.6. The summed E-state index contributed by atoms with van der Waals surface area (Å²) in [5.74, 6) is 1.47. The Hall–Kier alpha value is -1.66. The summed E-state index contributed by atoms with van der Waals surface area (Å²) in [5.41, 5.74) is 1.18. The SMILES string of the molecule is CCNC(=NCC1CCCN(C)C1)NC1CCN(Cc2ccc(F)cc2)CC1. The smallest absolute Gasteiger partial charge is 0.191 e. The summed E-state index contributed by atoms with van der Waals surface area (Å²) in [6, 6.07) is 7.34. The van der Waals surface area contributed by atoms with Crippen LogP contribution in [0.25, 0.3) is 0 Å². The van der Waals surface area contributed by atoms with Crippen LogP contribution in [0.2, 0.25) is 0 Å². The molecule has 0 bridgehead atoms. The number of guanidine groups is 1. The number of hydrogen-bond donors (Lipinski definition) is 2. The Balaban J connectivity index is 1.44. The van der Waals surface area contributed by atoms with Crippen LogP contribution in [-0.4, -0.2) is 68.1 Å². The van der Waals surface area contributed by atoms with Gasteiger partial charge in [0, 0.05) is 45.3 Å². The first-order valence-electron chi connectivity index (χ1n) is 10.8. The predicted octanol–water partition coefficient (Wildman–Crippen LogP) is 2.69. The average Bonchev–Trinajstić information content (AvgIpc) is 2.70. The molecule has 1 aromatic carbocycles. The molecule has 0 radical (unpaired) electrons. The van der Waals surface area contributed by atoms with Crippen molar-refractivity contribution >= 4 is 5.96 Å². The molecule has 2 fully saturated rings. The Morgan fingerprint density at radius 3 is 2.57 bits per heavy atom. The minimum absolute atomic E-state index is 0.165. The molecule has 0 amide bonds. The molecule has 0 saturated carbocycles. The molecule has 1 atom stereocenters. The molecule has 6 heteroatoms. The van der Waals surface area contributed by atoms with Gasteiger partial charge in [-0.1, -0.05) is 12.1 Å². The van der Waals surface area contributed by atoms with E-state index in [4.69, 9.17) is 4.99 Å². The zero-order valence-corrected chi connectivity index (χ0v) is 17.5. The molecule has 0 aromatic heterocycles. The van der Waals surface area contributed by atoms with E-state index in [1.54, 1.807) is 12.1 Å². The van der Waals surface area contributed by atoms with Gasteiger partial charge in [-0.2, -0.15) is 0 Å². The minimum Gasteiger partial charge on any atom is -0.357 e. The van der Waals surface area contributed by atoms with Gasteiger partial charge in [-0.3, -0.25) is 9.89 Å². The largest absolute Gasteiger partial charge is 0.357 e. The number of halogens is 1. The monoisotopic (exact) mass is 389 g/mol. The van der Waals surface area contributed by atoms with Gasteiger partial charge in [-0.25, -0.2) is 4.39 Å². The lowest BCUT2D eigenvalue weighted by molar-refractivity contribution is 0.198. The van der Waals surface area contributed by atoms with E-state index < -0.39 is 0 Å². The third-order valence-electron chi connectivity index (χ3n) is 5.82. The van der Waals surface area contributed by atoms with Crippen molar-refractivity contribution in [3.8, 4) is 0 Å². The molecule has 2 N–H and O–H groups in total. The average molecular weight is 390 g/mol. The van der Waals surface area contributed by atoms with Gasteiger partial charge in [0.25, 0.3) is 0 Å². The van der Waals surface area contributed by atoms with Gasteiger partial charge in [0.15, 0.2) is 5.96 Å². The minimum atomic E-state index is -0.165. The fourth-order valence-electron chi connectivity index (χ4n) is 4.24. The molecule has 2 heterocycles. The molecule has 1 aromatic rings. The molecule has 0 spiro atoms. The summed E-state index contributed by atoms with van der Waals surface area (Å²) in [6.45, 7) is 9.31. The molecule has 5 nitrogen and oxygen atoms in total. The number of benzene rings is 1. The number of nitrogens with zero attached hydrogens (tertiary/aromatic N) is 3. The summed E-state index contributed by atoms with van der Waals surface area (Å²) in [5, 5.41) is 7.06. The van der Waals surface area contributed by atoms with Crippen LogP contribution in [0.1, 0.15) is 38.2 Å². The van der Waals surface area contributed by atoms with Gasteiger partial charge in [-0.05, 0) is 69.8 Å². The summed E-state index contributed by atoms with van der Waals surface area (Å²) in [7, 11) is 2.21. The predicted molar refractivity (Wildman–Crippen MR) is 114 cm³/mol. The Morgan fingerprint density at radius 1 is 1.14 bits per heavy atom. The maximum Gasteiger partial charge on any atom is 0.191 e. The highest BCUT2D eigenvalue weighted by Crippen LogP contribution is 2.16. The van der Waals surface area contributed by atoms with Gasteiger partial charge in [0.05, 0.1) is 0 Å². The number of likely N-dealkylation sites (tertiary alicyclic amines) is 2. The van der Waals surface area contributed by atoms with Crippen molar-refractivity contribution in [1.29, 1.82) is 0 Å². The number of hydrogen-bond acceptors (Lipinski definition) is 3. The van der Waals surface area contributed by atoms with E-state index in [9.17, 15) is 4.39 Å². The zero-order chi connectivity index (χ0) is 19.8. The molecule has 2 aliphatic rings. The van der Waals surface area contributed by atoms with Crippen molar-refractivity contribution in [2.75, 3.05) is 46.3 Å².